The summed E-state index contributed by atoms with van der Waals surface area (Å²) in [5, 5.41) is 3.00. The lowest BCUT2D eigenvalue weighted by Gasteiger charge is -2.57. The zero-order valence-electron chi connectivity index (χ0n) is 14.2. The first kappa shape index (κ1) is 15.6. The van der Waals surface area contributed by atoms with Crippen LogP contribution in [0.5, 0.6) is 0 Å². The van der Waals surface area contributed by atoms with Gasteiger partial charge >= 0.3 is 0 Å². The van der Waals surface area contributed by atoms with Crippen LogP contribution in [0.15, 0.2) is 11.6 Å². The Labute approximate surface area is 139 Å². The third kappa shape index (κ3) is 3.20. The van der Waals surface area contributed by atoms with Crippen molar-refractivity contribution in [1.29, 1.82) is 0 Å². The molecule has 4 nitrogen and oxygen atoms in total. The molecule has 4 saturated carbocycles. The molecule has 4 aliphatic carbocycles. The fourth-order valence-corrected chi connectivity index (χ4v) is 5.86. The summed E-state index contributed by atoms with van der Waals surface area (Å²) in [6, 6.07) is 0. The van der Waals surface area contributed by atoms with Crippen LogP contribution < -0.4 is 5.32 Å². The third-order valence-corrected chi connectivity index (χ3v) is 6.61. The Bertz CT molecular complexity index is 458. The Morgan fingerprint density at radius 1 is 1.13 bits per heavy atom. The summed E-state index contributed by atoms with van der Waals surface area (Å²) in [6.07, 6.45) is 10.1. The summed E-state index contributed by atoms with van der Waals surface area (Å²) in [4.78, 5) is 12.3. The van der Waals surface area contributed by atoms with Gasteiger partial charge in [0.2, 0.25) is 5.91 Å². The summed E-state index contributed by atoms with van der Waals surface area (Å²) in [5.41, 5.74) is 1.64. The molecule has 0 aromatic heterocycles. The highest BCUT2D eigenvalue weighted by molar-refractivity contribution is 5.88. The molecule has 5 aliphatic rings. The molecule has 23 heavy (non-hydrogen) atoms. The van der Waals surface area contributed by atoms with Crippen molar-refractivity contribution in [3.8, 4) is 0 Å². The smallest absolute Gasteiger partial charge is 0.244 e. The molecule has 1 atom stereocenters. The van der Waals surface area contributed by atoms with Crippen LogP contribution in [0.4, 0.5) is 0 Å². The van der Waals surface area contributed by atoms with Crippen molar-refractivity contribution in [1.82, 2.24) is 5.32 Å². The second-order valence-electron chi connectivity index (χ2n) is 8.34. The molecule has 0 radical (unpaired) electrons. The van der Waals surface area contributed by atoms with Crippen molar-refractivity contribution < 1.29 is 14.3 Å². The largest absolute Gasteiger partial charge is 0.376 e. The van der Waals surface area contributed by atoms with E-state index in [1.165, 1.54) is 44.1 Å². The van der Waals surface area contributed by atoms with E-state index in [1.54, 1.807) is 0 Å². The highest BCUT2D eigenvalue weighted by atomic mass is 16.6. The van der Waals surface area contributed by atoms with Gasteiger partial charge in [-0.05, 0) is 68.6 Å². The predicted molar refractivity (Wildman–Crippen MR) is 87.9 cm³/mol. The molecule has 0 spiro atoms. The first-order chi connectivity index (χ1) is 11.1. The van der Waals surface area contributed by atoms with Crippen LogP contribution in [-0.2, 0) is 14.3 Å². The maximum atomic E-state index is 12.3. The van der Waals surface area contributed by atoms with E-state index in [0.717, 1.165) is 17.8 Å². The van der Waals surface area contributed by atoms with Crippen LogP contribution in [0.3, 0.4) is 0 Å². The zero-order valence-corrected chi connectivity index (χ0v) is 14.2. The van der Waals surface area contributed by atoms with Crippen LogP contribution in [0, 0.1) is 23.2 Å². The zero-order chi connectivity index (χ0) is 15.9. The van der Waals surface area contributed by atoms with Gasteiger partial charge < -0.3 is 14.8 Å². The van der Waals surface area contributed by atoms with Gasteiger partial charge in [-0.1, -0.05) is 5.57 Å². The Morgan fingerprint density at radius 3 is 2.35 bits per heavy atom. The number of hydrogen-bond acceptors (Lipinski definition) is 3. The van der Waals surface area contributed by atoms with E-state index in [-0.39, 0.29) is 12.0 Å². The standard InChI is InChI=1S/C19H29NO3/c1-13(4-18(21)20-11-17-12-22-2-3-23-17)19-8-14-5-15(9-19)7-16(6-14)10-19/h4,14-17H,2-3,5-12H2,1H3,(H,20,21)/b13-4+/t14?,15?,16?,17-,19?/m1/s1. The monoisotopic (exact) mass is 319 g/mol. The number of allylic oxidation sites excluding steroid dienone is 1. The second-order valence-corrected chi connectivity index (χ2v) is 8.34. The second kappa shape index (κ2) is 6.21. The van der Waals surface area contributed by atoms with Gasteiger partial charge in [-0.3, -0.25) is 4.79 Å². The number of hydrogen-bond donors (Lipinski definition) is 1. The molecular weight excluding hydrogens is 290 g/mol. The molecule has 1 aliphatic heterocycles. The molecule has 0 unspecified atom stereocenters. The number of rotatable bonds is 4. The molecule has 4 bridgehead atoms. The van der Waals surface area contributed by atoms with Gasteiger partial charge in [0.05, 0.1) is 25.9 Å². The van der Waals surface area contributed by atoms with Crippen LogP contribution in [0.25, 0.3) is 0 Å². The van der Waals surface area contributed by atoms with Gasteiger partial charge in [0, 0.05) is 12.6 Å². The van der Waals surface area contributed by atoms with Gasteiger partial charge in [-0.25, -0.2) is 0 Å². The van der Waals surface area contributed by atoms with Gasteiger partial charge in [0.15, 0.2) is 0 Å². The lowest BCUT2D eigenvalue weighted by atomic mass is 9.48. The maximum absolute atomic E-state index is 12.3. The lowest BCUT2D eigenvalue weighted by molar-refractivity contribution is -0.119. The Kier molecular flexibility index (Phi) is 4.22. The van der Waals surface area contributed by atoms with E-state index >= 15 is 0 Å². The van der Waals surface area contributed by atoms with Gasteiger partial charge in [0.25, 0.3) is 0 Å². The third-order valence-electron chi connectivity index (χ3n) is 6.61. The number of ether oxygens (including phenoxy) is 2. The number of nitrogens with one attached hydrogen (secondary N) is 1. The minimum Gasteiger partial charge on any atom is -0.376 e. The SMILES string of the molecule is C/C(=C\C(=O)NC[C@@H]1COCCO1)C12CC3CC(CC(C3)C1)C2. The summed E-state index contributed by atoms with van der Waals surface area (Å²) in [7, 11) is 0. The van der Waals surface area contributed by atoms with E-state index < -0.39 is 0 Å². The predicted octanol–water partition coefficient (Wildman–Crippen LogP) is 2.68. The van der Waals surface area contributed by atoms with Gasteiger partial charge in [-0.15, -0.1) is 0 Å². The van der Waals surface area contributed by atoms with Crippen LogP contribution in [-0.4, -0.2) is 38.4 Å². The number of amides is 1. The minimum atomic E-state index is 0.000885. The quantitative estimate of drug-likeness (QED) is 0.811. The van der Waals surface area contributed by atoms with E-state index in [2.05, 4.69) is 12.2 Å². The van der Waals surface area contributed by atoms with Crippen molar-refractivity contribution >= 4 is 5.91 Å². The fourth-order valence-electron chi connectivity index (χ4n) is 5.86. The molecule has 0 aromatic carbocycles. The van der Waals surface area contributed by atoms with Crippen molar-refractivity contribution in [3.63, 3.8) is 0 Å². The van der Waals surface area contributed by atoms with Crippen LogP contribution >= 0.6 is 0 Å². The van der Waals surface area contributed by atoms with Gasteiger partial charge in [-0.2, -0.15) is 0 Å². The fraction of sp³-hybridized carbons (Fsp3) is 0.842. The molecular formula is C19H29NO3. The molecule has 128 valence electrons. The molecule has 1 amide bonds. The van der Waals surface area contributed by atoms with Crippen LogP contribution in [0.2, 0.25) is 0 Å². The van der Waals surface area contributed by atoms with Crippen LogP contribution in [0.1, 0.15) is 45.4 Å². The van der Waals surface area contributed by atoms with E-state index in [4.69, 9.17) is 9.47 Å². The molecule has 1 N–H and O–H groups in total. The molecule has 1 saturated heterocycles. The summed E-state index contributed by atoms with van der Waals surface area (Å²) >= 11 is 0. The molecule has 5 rings (SSSR count). The molecule has 0 aromatic rings. The Balaban J connectivity index is 1.37. The molecule has 1 heterocycles. The maximum Gasteiger partial charge on any atom is 0.244 e. The molecule has 4 heteroatoms. The first-order valence-corrected chi connectivity index (χ1v) is 9.29. The average molecular weight is 319 g/mol. The molecule has 5 fully saturated rings. The van der Waals surface area contributed by atoms with E-state index in [0.29, 0.717) is 31.8 Å². The van der Waals surface area contributed by atoms with E-state index in [9.17, 15) is 4.79 Å². The highest BCUT2D eigenvalue weighted by Crippen LogP contribution is 2.62. The number of carbonyl (C=O) groups excluding carboxylic acids is 1. The van der Waals surface area contributed by atoms with Crippen molar-refractivity contribution in [2.75, 3.05) is 26.4 Å². The Hall–Kier alpha value is -0.870. The van der Waals surface area contributed by atoms with Gasteiger partial charge in [0.1, 0.15) is 0 Å². The average Bonchev–Trinajstić information content (AvgIpc) is 2.52. The van der Waals surface area contributed by atoms with Crippen molar-refractivity contribution in [3.05, 3.63) is 11.6 Å². The topological polar surface area (TPSA) is 47.6 Å². The lowest BCUT2D eigenvalue weighted by Crippen LogP contribution is -2.47. The van der Waals surface area contributed by atoms with E-state index in [1.807, 2.05) is 6.08 Å². The summed E-state index contributed by atoms with van der Waals surface area (Å²) < 4.78 is 10.9. The number of carbonyl (C=O) groups is 1. The first-order valence-electron chi connectivity index (χ1n) is 9.29. The minimum absolute atomic E-state index is 0.000885. The van der Waals surface area contributed by atoms with Crippen molar-refractivity contribution in [2.24, 2.45) is 23.2 Å². The highest BCUT2D eigenvalue weighted by Gasteiger charge is 2.51. The summed E-state index contributed by atoms with van der Waals surface area (Å²) in [6.45, 7) is 4.60. The summed E-state index contributed by atoms with van der Waals surface area (Å²) in [5.74, 6) is 2.79. The van der Waals surface area contributed by atoms with Crippen molar-refractivity contribution in [2.45, 2.75) is 51.6 Å². The Morgan fingerprint density at radius 2 is 1.78 bits per heavy atom. The normalized spacial score (nSPS) is 42.7.